The number of carbonyl (C=O) groups excluding carboxylic acids is 1. The molecule has 0 saturated carbocycles. The Morgan fingerprint density at radius 3 is 2.17 bits per heavy atom. The van der Waals surface area contributed by atoms with E-state index in [1.165, 1.54) is 20.1 Å². The Morgan fingerprint density at radius 2 is 1.50 bits per heavy atom. The summed E-state index contributed by atoms with van der Waals surface area (Å²) in [5, 5.41) is 10.9. The second-order valence-corrected chi connectivity index (χ2v) is 12.9. The molecular weight excluding hydrogens is 470 g/mol. The summed E-state index contributed by atoms with van der Waals surface area (Å²) in [5.74, 6) is -0.240. The molecule has 0 aliphatic rings. The van der Waals surface area contributed by atoms with Gasteiger partial charge in [-0.25, -0.2) is 8.42 Å². The van der Waals surface area contributed by atoms with Gasteiger partial charge in [-0.2, -0.15) is 0 Å². The van der Waals surface area contributed by atoms with E-state index in [4.69, 9.17) is 0 Å². The number of sulfone groups is 1. The van der Waals surface area contributed by atoms with Crippen LogP contribution in [0.25, 0.3) is 33.2 Å². The standard InChI is InChI=1S/C30H31NO4S/c1-29(2,33)27(32)16-20-9-6-10-21(15-20)22-11-7-12-23(17-22)26-19-25(30(3,4)36(5,34)35)18-24-13-8-14-31-28(24)26/h6-15,17-19,33H,16H2,1-5H3. The number of nitrogens with zero attached hydrogens (tertiary/aromatic N) is 1. The molecule has 6 heteroatoms. The number of fused-ring (bicyclic) bond motifs is 1. The third-order valence-electron chi connectivity index (χ3n) is 6.81. The maximum absolute atomic E-state index is 12.6. The molecule has 0 spiro atoms. The lowest BCUT2D eigenvalue weighted by Gasteiger charge is -2.24. The number of aliphatic hydroxyl groups is 1. The average molecular weight is 502 g/mol. The highest BCUT2D eigenvalue weighted by atomic mass is 32.2. The summed E-state index contributed by atoms with van der Waals surface area (Å²) < 4.78 is 24.1. The van der Waals surface area contributed by atoms with Gasteiger partial charge in [0.05, 0.1) is 10.3 Å². The van der Waals surface area contributed by atoms with Crippen LogP contribution in [0.4, 0.5) is 0 Å². The number of Topliss-reactive ketones (excluding diaryl/α,β-unsaturated/α-hetero) is 1. The van der Waals surface area contributed by atoms with Crippen molar-refractivity contribution >= 4 is 26.5 Å². The van der Waals surface area contributed by atoms with Gasteiger partial charge in [0.25, 0.3) is 0 Å². The molecule has 0 saturated heterocycles. The van der Waals surface area contributed by atoms with E-state index in [9.17, 15) is 18.3 Å². The number of ketones is 1. The predicted octanol–water partition coefficient (Wildman–Crippen LogP) is 5.73. The molecule has 36 heavy (non-hydrogen) atoms. The van der Waals surface area contributed by atoms with E-state index in [0.29, 0.717) is 5.56 Å². The van der Waals surface area contributed by atoms with E-state index in [0.717, 1.165) is 38.7 Å². The van der Waals surface area contributed by atoms with E-state index in [1.807, 2.05) is 66.7 Å². The van der Waals surface area contributed by atoms with Crippen molar-refractivity contribution in [3.05, 3.63) is 90.1 Å². The lowest BCUT2D eigenvalue weighted by molar-refractivity contribution is -0.133. The third-order valence-corrected chi connectivity index (χ3v) is 8.90. The normalized spacial score (nSPS) is 12.6. The largest absolute Gasteiger partial charge is 0.383 e. The second kappa shape index (κ2) is 9.26. The minimum Gasteiger partial charge on any atom is -0.383 e. The van der Waals surface area contributed by atoms with Crippen molar-refractivity contribution in [2.45, 2.75) is 44.5 Å². The van der Waals surface area contributed by atoms with E-state index < -0.39 is 20.2 Å². The zero-order valence-electron chi connectivity index (χ0n) is 21.2. The smallest absolute Gasteiger partial charge is 0.168 e. The molecule has 1 N–H and O–H groups in total. The van der Waals surface area contributed by atoms with Gasteiger partial charge in [0.1, 0.15) is 5.60 Å². The zero-order valence-corrected chi connectivity index (χ0v) is 22.1. The Labute approximate surface area is 212 Å². The number of hydrogen-bond donors (Lipinski definition) is 1. The molecule has 1 heterocycles. The van der Waals surface area contributed by atoms with Gasteiger partial charge in [0.15, 0.2) is 15.6 Å². The number of pyridine rings is 1. The maximum Gasteiger partial charge on any atom is 0.168 e. The number of carbonyl (C=O) groups is 1. The summed E-state index contributed by atoms with van der Waals surface area (Å²) >= 11 is 0. The van der Waals surface area contributed by atoms with Gasteiger partial charge in [0, 0.05) is 29.8 Å². The lowest BCUT2D eigenvalue weighted by atomic mass is 9.91. The van der Waals surface area contributed by atoms with Crippen LogP contribution in [0.3, 0.4) is 0 Å². The quantitative estimate of drug-likeness (QED) is 0.350. The van der Waals surface area contributed by atoms with Gasteiger partial charge in [-0.15, -0.1) is 0 Å². The van der Waals surface area contributed by atoms with Crippen molar-refractivity contribution in [2.75, 3.05) is 6.26 Å². The van der Waals surface area contributed by atoms with Crippen LogP contribution >= 0.6 is 0 Å². The van der Waals surface area contributed by atoms with Crippen LogP contribution in [0.15, 0.2) is 79.0 Å². The van der Waals surface area contributed by atoms with Crippen LogP contribution in [-0.2, 0) is 25.8 Å². The zero-order chi connectivity index (χ0) is 26.3. The first kappa shape index (κ1) is 25.7. The van der Waals surface area contributed by atoms with Crippen molar-refractivity contribution in [1.82, 2.24) is 4.98 Å². The van der Waals surface area contributed by atoms with E-state index in [-0.39, 0.29) is 12.2 Å². The van der Waals surface area contributed by atoms with Gasteiger partial charge in [0.2, 0.25) is 0 Å². The molecule has 0 fully saturated rings. The Morgan fingerprint density at radius 1 is 0.861 bits per heavy atom. The molecule has 4 aromatic rings. The first-order valence-electron chi connectivity index (χ1n) is 11.8. The van der Waals surface area contributed by atoms with Crippen LogP contribution < -0.4 is 0 Å². The molecule has 5 nitrogen and oxygen atoms in total. The van der Waals surface area contributed by atoms with E-state index in [2.05, 4.69) is 11.1 Å². The Bertz CT molecular complexity index is 1560. The summed E-state index contributed by atoms with van der Waals surface area (Å²) in [4.78, 5) is 16.9. The summed E-state index contributed by atoms with van der Waals surface area (Å²) in [5.41, 5.74) is 4.63. The van der Waals surface area contributed by atoms with Crippen molar-refractivity contribution in [3.63, 3.8) is 0 Å². The van der Waals surface area contributed by atoms with Crippen molar-refractivity contribution < 1.29 is 18.3 Å². The molecule has 0 aliphatic heterocycles. The van der Waals surface area contributed by atoms with E-state index in [1.54, 1.807) is 20.0 Å². The summed E-state index contributed by atoms with van der Waals surface area (Å²) in [6, 6.07) is 23.4. The first-order valence-corrected chi connectivity index (χ1v) is 13.7. The summed E-state index contributed by atoms with van der Waals surface area (Å²) in [6.45, 7) is 6.45. The molecule has 0 bridgehead atoms. The van der Waals surface area contributed by atoms with Gasteiger partial charge in [-0.05, 0) is 79.8 Å². The van der Waals surface area contributed by atoms with Gasteiger partial charge in [-0.1, -0.05) is 48.5 Å². The van der Waals surface area contributed by atoms with Crippen LogP contribution in [0.5, 0.6) is 0 Å². The average Bonchev–Trinajstić information content (AvgIpc) is 2.82. The van der Waals surface area contributed by atoms with Crippen molar-refractivity contribution in [3.8, 4) is 22.3 Å². The van der Waals surface area contributed by atoms with Crippen LogP contribution in [-0.4, -0.2) is 36.1 Å². The molecule has 0 aliphatic carbocycles. The Balaban J connectivity index is 1.82. The number of aromatic nitrogens is 1. The molecule has 0 amide bonds. The maximum atomic E-state index is 12.6. The molecule has 186 valence electrons. The topological polar surface area (TPSA) is 84.3 Å². The first-order chi connectivity index (χ1) is 16.8. The Kier molecular flexibility index (Phi) is 6.62. The molecule has 1 aromatic heterocycles. The fourth-order valence-corrected chi connectivity index (χ4v) is 4.65. The minimum atomic E-state index is -3.37. The van der Waals surface area contributed by atoms with E-state index >= 15 is 0 Å². The fraction of sp³-hybridized carbons (Fsp3) is 0.267. The van der Waals surface area contributed by atoms with Gasteiger partial charge >= 0.3 is 0 Å². The van der Waals surface area contributed by atoms with Crippen LogP contribution in [0.1, 0.15) is 38.8 Å². The highest BCUT2D eigenvalue weighted by Gasteiger charge is 2.33. The molecule has 0 atom stereocenters. The van der Waals surface area contributed by atoms with Crippen molar-refractivity contribution in [1.29, 1.82) is 0 Å². The molecule has 4 rings (SSSR count). The van der Waals surface area contributed by atoms with Crippen LogP contribution in [0, 0.1) is 0 Å². The molecule has 0 radical (unpaired) electrons. The molecule has 0 unspecified atom stereocenters. The number of hydrogen-bond acceptors (Lipinski definition) is 5. The third kappa shape index (κ3) is 5.11. The Hall–Kier alpha value is -3.35. The second-order valence-electron chi connectivity index (χ2n) is 10.3. The lowest BCUT2D eigenvalue weighted by Crippen LogP contribution is -2.32. The monoisotopic (exact) mass is 501 g/mol. The highest BCUT2D eigenvalue weighted by Crippen LogP contribution is 2.37. The predicted molar refractivity (Wildman–Crippen MR) is 145 cm³/mol. The van der Waals surface area contributed by atoms with Gasteiger partial charge in [-0.3, -0.25) is 9.78 Å². The number of rotatable bonds is 7. The van der Waals surface area contributed by atoms with Gasteiger partial charge < -0.3 is 5.11 Å². The summed E-state index contributed by atoms with van der Waals surface area (Å²) in [6.07, 6.45) is 3.14. The van der Waals surface area contributed by atoms with Crippen LogP contribution in [0.2, 0.25) is 0 Å². The fourth-order valence-electron chi connectivity index (χ4n) is 4.10. The minimum absolute atomic E-state index is 0.147. The molecule has 3 aromatic carbocycles. The number of benzene rings is 3. The SMILES string of the molecule is CC(C)(O)C(=O)Cc1cccc(-c2cccc(-c3cc(C(C)(C)S(C)(=O)=O)cc4cccnc34)c2)c1. The summed E-state index contributed by atoms with van der Waals surface area (Å²) in [7, 11) is -3.37. The van der Waals surface area contributed by atoms with Crippen molar-refractivity contribution in [2.24, 2.45) is 0 Å². The highest BCUT2D eigenvalue weighted by molar-refractivity contribution is 7.91. The molecular formula is C30H31NO4S.